The van der Waals surface area contributed by atoms with E-state index in [0.717, 1.165) is 12.1 Å². The van der Waals surface area contributed by atoms with E-state index < -0.39 is 17.3 Å². The van der Waals surface area contributed by atoms with Gasteiger partial charge in [-0.1, -0.05) is 0 Å². The lowest BCUT2D eigenvalue weighted by atomic mass is 10.1. The molecule has 0 N–H and O–H groups in total. The first kappa shape index (κ1) is 15.3. The van der Waals surface area contributed by atoms with Crippen LogP contribution in [0.2, 0.25) is 0 Å². The van der Waals surface area contributed by atoms with Gasteiger partial charge in [-0.25, -0.2) is 0 Å². The van der Waals surface area contributed by atoms with Crippen LogP contribution in [0.5, 0.6) is 5.75 Å². The molecule has 0 aromatic heterocycles. The number of alkyl halides is 3. The molecule has 0 aliphatic carbocycles. The van der Waals surface area contributed by atoms with Gasteiger partial charge >= 0.3 is 6.18 Å². The van der Waals surface area contributed by atoms with E-state index in [4.69, 9.17) is 14.7 Å². The minimum atomic E-state index is -4.57. The van der Waals surface area contributed by atoms with Crippen molar-refractivity contribution >= 4 is 0 Å². The maximum Gasteiger partial charge on any atom is 0.417 e. The van der Waals surface area contributed by atoms with E-state index in [1.165, 1.54) is 12.1 Å². The second-order valence-electron chi connectivity index (χ2n) is 4.08. The number of halogens is 3. The van der Waals surface area contributed by atoms with Crippen LogP contribution in [0.1, 0.15) is 25.0 Å². The smallest absolute Gasteiger partial charge is 0.417 e. The van der Waals surface area contributed by atoms with Crippen LogP contribution in [0.15, 0.2) is 18.2 Å². The first-order valence-corrected chi connectivity index (χ1v) is 5.70. The van der Waals surface area contributed by atoms with Crippen molar-refractivity contribution in [3.63, 3.8) is 0 Å². The topological polar surface area (TPSA) is 42.2 Å². The highest BCUT2D eigenvalue weighted by Gasteiger charge is 2.34. The summed E-state index contributed by atoms with van der Waals surface area (Å²) in [6.07, 6.45) is -4.53. The highest BCUT2D eigenvalue weighted by Crippen LogP contribution is 2.34. The van der Waals surface area contributed by atoms with Gasteiger partial charge in [0.15, 0.2) is 0 Å². The van der Waals surface area contributed by atoms with Crippen molar-refractivity contribution in [3.05, 3.63) is 29.3 Å². The lowest BCUT2D eigenvalue weighted by molar-refractivity contribution is -0.137. The molecule has 19 heavy (non-hydrogen) atoms. The Morgan fingerprint density at radius 2 is 1.95 bits per heavy atom. The summed E-state index contributed by atoms with van der Waals surface area (Å²) in [7, 11) is 0. The Bertz CT molecular complexity index is 464. The molecule has 0 unspecified atom stereocenters. The molecule has 1 aromatic rings. The molecule has 0 fully saturated rings. The van der Waals surface area contributed by atoms with Crippen LogP contribution >= 0.6 is 0 Å². The van der Waals surface area contributed by atoms with E-state index in [2.05, 4.69) is 0 Å². The Morgan fingerprint density at radius 1 is 1.26 bits per heavy atom. The zero-order chi connectivity index (χ0) is 14.5. The predicted octanol–water partition coefficient (Wildman–Crippen LogP) is 3.38. The summed E-state index contributed by atoms with van der Waals surface area (Å²) in [6.45, 7) is 4.15. The molecule has 0 radical (unpaired) electrons. The minimum absolute atomic E-state index is 0.0373. The standard InChI is InChI=1S/C13H14F3NO2/c1-9(2)18-5-6-19-11-4-3-10(8-17)12(7-11)13(14,15)16/h3-4,7,9H,5-6H2,1-2H3. The maximum absolute atomic E-state index is 12.7. The summed E-state index contributed by atoms with van der Waals surface area (Å²) in [5.41, 5.74) is -1.41. The maximum atomic E-state index is 12.7. The van der Waals surface area contributed by atoms with Crippen molar-refractivity contribution < 1.29 is 22.6 Å². The van der Waals surface area contributed by atoms with Crippen LogP contribution in [0, 0.1) is 11.3 Å². The predicted molar refractivity (Wildman–Crippen MR) is 62.7 cm³/mol. The number of nitrogens with zero attached hydrogens (tertiary/aromatic N) is 1. The molecule has 1 aromatic carbocycles. The second kappa shape index (κ2) is 6.43. The molecule has 3 nitrogen and oxygen atoms in total. The van der Waals surface area contributed by atoms with Crippen molar-refractivity contribution in [1.82, 2.24) is 0 Å². The largest absolute Gasteiger partial charge is 0.491 e. The van der Waals surface area contributed by atoms with Crippen molar-refractivity contribution in [2.75, 3.05) is 13.2 Å². The summed E-state index contributed by atoms with van der Waals surface area (Å²) in [4.78, 5) is 0. The molecule has 0 spiro atoms. The molecule has 0 aliphatic heterocycles. The van der Waals surface area contributed by atoms with E-state index in [1.54, 1.807) is 0 Å². The van der Waals surface area contributed by atoms with Crippen molar-refractivity contribution in [2.24, 2.45) is 0 Å². The average molecular weight is 273 g/mol. The van der Waals surface area contributed by atoms with E-state index in [1.807, 2.05) is 13.8 Å². The van der Waals surface area contributed by atoms with Crippen LogP contribution in [0.3, 0.4) is 0 Å². The van der Waals surface area contributed by atoms with Gasteiger partial charge in [-0.15, -0.1) is 0 Å². The lowest BCUT2D eigenvalue weighted by Gasteiger charge is -2.12. The zero-order valence-corrected chi connectivity index (χ0v) is 10.6. The Morgan fingerprint density at radius 3 is 2.47 bits per heavy atom. The second-order valence-corrected chi connectivity index (χ2v) is 4.08. The highest BCUT2D eigenvalue weighted by molar-refractivity contribution is 5.44. The summed E-state index contributed by atoms with van der Waals surface area (Å²) >= 11 is 0. The number of benzene rings is 1. The van der Waals surface area contributed by atoms with Gasteiger partial charge in [0.25, 0.3) is 0 Å². The lowest BCUT2D eigenvalue weighted by Crippen LogP contribution is -2.12. The molecular weight excluding hydrogens is 259 g/mol. The van der Waals surface area contributed by atoms with Crippen molar-refractivity contribution in [2.45, 2.75) is 26.1 Å². The van der Waals surface area contributed by atoms with Crippen LogP contribution in [0.25, 0.3) is 0 Å². The van der Waals surface area contributed by atoms with Gasteiger partial charge < -0.3 is 9.47 Å². The van der Waals surface area contributed by atoms with Crippen LogP contribution in [-0.4, -0.2) is 19.3 Å². The molecule has 0 saturated carbocycles. The molecule has 104 valence electrons. The summed E-state index contributed by atoms with van der Waals surface area (Å²) in [5, 5.41) is 8.64. The summed E-state index contributed by atoms with van der Waals surface area (Å²) in [6, 6.07) is 4.77. The molecule has 0 heterocycles. The Hall–Kier alpha value is -1.74. The molecular formula is C13H14F3NO2. The van der Waals surface area contributed by atoms with Gasteiger partial charge in [0.2, 0.25) is 0 Å². The van der Waals surface area contributed by atoms with Crippen LogP contribution < -0.4 is 4.74 Å². The number of hydrogen-bond donors (Lipinski definition) is 0. The molecule has 0 atom stereocenters. The molecule has 6 heteroatoms. The fourth-order valence-electron chi connectivity index (χ4n) is 1.39. The number of rotatable bonds is 5. The first-order chi connectivity index (χ1) is 8.84. The Balaban J connectivity index is 2.74. The molecule has 0 aliphatic rings. The number of hydrogen-bond acceptors (Lipinski definition) is 3. The van der Waals surface area contributed by atoms with Gasteiger partial charge in [0.1, 0.15) is 12.4 Å². The zero-order valence-electron chi connectivity index (χ0n) is 10.6. The minimum Gasteiger partial charge on any atom is -0.491 e. The Labute approximate surface area is 109 Å². The summed E-state index contributed by atoms with van der Waals surface area (Å²) in [5.74, 6) is 0.0682. The van der Waals surface area contributed by atoms with E-state index >= 15 is 0 Å². The molecule has 1 rings (SSSR count). The van der Waals surface area contributed by atoms with Gasteiger partial charge in [-0.2, -0.15) is 18.4 Å². The van der Waals surface area contributed by atoms with Gasteiger partial charge in [-0.05, 0) is 32.0 Å². The SMILES string of the molecule is CC(C)OCCOc1ccc(C#N)c(C(F)(F)F)c1. The third-order valence-corrected chi connectivity index (χ3v) is 2.22. The quantitative estimate of drug-likeness (QED) is 0.772. The fourth-order valence-corrected chi connectivity index (χ4v) is 1.39. The van der Waals surface area contributed by atoms with Gasteiger partial charge in [-0.3, -0.25) is 0 Å². The van der Waals surface area contributed by atoms with E-state index in [-0.39, 0.29) is 18.5 Å². The first-order valence-electron chi connectivity index (χ1n) is 5.70. The third-order valence-electron chi connectivity index (χ3n) is 2.22. The molecule has 0 bridgehead atoms. The van der Waals surface area contributed by atoms with Crippen LogP contribution in [0.4, 0.5) is 13.2 Å². The van der Waals surface area contributed by atoms with Gasteiger partial charge in [0, 0.05) is 0 Å². The van der Waals surface area contributed by atoms with Crippen molar-refractivity contribution in [1.29, 1.82) is 5.26 Å². The number of ether oxygens (including phenoxy) is 2. The Kier molecular flexibility index (Phi) is 5.19. The average Bonchev–Trinajstić information content (AvgIpc) is 2.33. The monoisotopic (exact) mass is 273 g/mol. The van der Waals surface area contributed by atoms with Crippen molar-refractivity contribution in [3.8, 4) is 11.8 Å². The van der Waals surface area contributed by atoms with Crippen LogP contribution in [-0.2, 0) is 10.9 Å². The summed E-state index contributed by atoms with van der Waals surface area (Å²) < 4.78 is 48.4. The number of nitriles is 1. The van der Waals surface area contributed by atoms with Gasteiger partial charge in [0.05, 0.1) is 29.9 Å². The third kappa shape index (κ3) is 4.79. The normalized spacial score (nSPS) is 11.4. The molecule has 0 amide bonds. The fraction of sp³-hybridized carbons (Fsp3) is 0.462. The van der Waals surface area contributed by atoms with E-state index in [0.29, 0.717) is 6.61 Å². The highest BCUT2D eigenvalue weighted by atomic mass is 19.4. The molecule has 0 saturated heterocycles. The van der Waals surface area contributed by atoms with E-state index in [9.17, 15) is 13.2 Å².